The third kappa shape index (κ3) is 2.67. The lowest BCUT2D eigenvalue weighted by molar-refractivity contribution is 1.08. The van der Waals surface area contributed by atoms with Crippen molar-refractivity contribution in [3.05, 3.63) is 46.7 Å². The number of nitrogen functional groups attached to an aromatic ring is 1. The summed E-state index contributed by atoms with van der Waals surface area (Å²) in [5.74, 6) is 0.738. The number of hydrogen-bond donors (Lipinski definition) is 2. The minimum atomic E-state index is 0.244. The number of nitriles is 1. The Labute approximate surface area is 109 Å². The maximum Gasteiger partial charge on any atom is 0.150 e. The number of nitrogens with two attached hydrogens (primary N) is 1. The minimum Gasteiger partial charge on any atom is -0.382 e. The molecular formula is C12H10ClN5. The zero-order chi connectivity index (χ0) is 13.0. The van der Waals surface area contributed by atoms with Gasteiger partial charge in [0, 0.05) is 6.54 Å². The SMILES string of the molecule is N#Cc1ccc(CNc2ncnc(N)c2Cl)cc1. The van der Waals surface area contributed by atoms with Gasteiger partial charge in [-0.2, -0.15) is 5.26 Å². The van der Waals surface area contributed by atoms with Crippen molar-refractivity contribution in [1.29, 1.82) is 5.26 Å². The van der Waals surface area contributed by atoms with Crippen LogP contribution in [0.1, 0.15) is 11.1 Å². The van der Waals surface area contributed by atoms with E-state index in [1.807, 2.05) is 12.1 Å². The number of nitrogens with zero attached hydrogens (tertiary/aromatic N) is 3. The van der Waals surface area contributed by atoms with Gasteiger partial charge in [-0.15, -0.1) is 0 Å². The zero-order valence-electron chi connectivity index (χ0n) is 9.39. The van der Waals surface area contributed by atoms with E-state index in [-0.39, 0.29) is 5.82 Å². The number of rotatable bonds is 3. The molecule has 0 fully saturated rings. The molecule has 0 unspecified atom stereocenters. The first-order valence-corrected chi connectivity index (χ1v) is 5.57. The Hall–Kier alpha value is -2.32. The lowest BCUT2D eigenvalue weighted by atomic mass is 10.1. The van der Waals surface area contributed by atoms with Gasteiger partial charge in [-0.25, -0.2) is 9.97 Å². The smallest absolute Gasteiger partial charge is 0.150 e. The standard InChI is InChI=1S/C12H10ClN5/c13-10-11(15)17-7-18-12(10)16-6-9-3-1-8(5-14)2-4-9/h1-4,7H,6H2,(H3,15,16,17,18). The van der Waals surface area contributed by atoms with E-state index < -0.39 is 0 Å². The van der Waals surface area contributed by atoms with Crippen LogP contribution in [0.4, 0.5) is 11.6 Å². The first-order chi connectivity index (χ1) is 8.70. The van der Waals surface area contributed by atoms with Crippen molar-refractivity contribution in [3.63, 3.8) is 0 Å². The summed E-state index contributed by atoms with van der Waals surface area (Å²) in [6, 6.07) is 9.31. The number of anilines is 2. The first kappa shape index (κ1) is 12.1. The molecule has 5 nitrogen and oxygen atoms in total. The highest BCUT2D eigenvalue weighted by Gasteiger charge is 2.05. The molecule has 1 aromatic carbocycles. The molecule has 0 atom stereocenters. The molecule has 0 spiro atoms. The van der Waals surface area contributed by atoms with Gasteiger partial charge in [0.2, 0.25) is 0 Å². The van der Waals surface area contributed by atoms with Gasteiger partial charge in [-0.1, -0.05) is 23.7 Å². The normalized spacial score (nSPS) is 9.78. The van der Waals surface area contributed by atoms with E-state index >= 15 is 0 Å². The maximum atomic E-state index is 8.69. The molecule has 1 aromatic heterocycles. The number of benzene rings is 1. The second-order valence-electron chi connectivity index (χ2n) is 3.58. The van der Waals surface area contributed by atoms with Crippen LogP contribution in [0, 0.1) is 11.3 Å². The molecular weight excluding hydrogens is 250 g/mol. The van der Waals surface area contributed by atoms with E-state index in [0.717, 1.165) is 5.56 Å². The topological polar surface area (TPSA) is 87.6 Å². The molecule has 0 aliphatic carbocycles. The van der Waals surface area contributed by atoms with Crippen molar-refractivity contribution in [2.75, 3.05) is 11.1 Å². The Bertz CT molecular complexity index is 588. The number of nitrogens with one attached hydrogen (secondary N) is 1. The second-order valence-corrected chi connectivity index (χ2v) is 3.96. The van der Waals surface area contributed by atoms with E-state index in [1.54, 1.807) is 12.1 Å². The van der Waals surface area contributed by atoms with Gasteiger partial charge >= 0.3 is 0 Å². The van der Waals surface area contributed by atoms with Crippen molar-refractivity contribution < 1.29 is 0 Å². The van der Waals surface area contributed by atoms with Crippen molar-refractivity contribution in [1.82, 2.24) is 9.97 Å². The molecule has 2 aromatic rings. The Balaban J connectivity index is 2.07. The van der Waals surface area contributed by atoms with Crippen LogP contribution in [0.25, 0.3) is 0 Å². The third-order valence-corrected chi connectivity index (χ3v) is 2.73. The molecule has 18 heavy (non-hydrogen) atoms. The fraction of sp³-hybridized carbons (Fsp3) is 0.0833. The molecule has 0 amide bonds. The molecule has 0 saturated heterocycles. The van der Waals surface area contributed by atoms with Crippen LogP contribution in [0.3, 0.4) is 0 Å². The highest BCUT2D eigenvalue weighted by Crippen LogP contribution is 2.23. The van der Waals surface area contributed by atoms with Gasteiger partial charge in [0.25, 0.3) is 0 Å². The molecule has 0 saturated carbocycles. The summed E-state index contributed by atoms with van der Waals surface area (Å²) >= 11 is 5.95. The van der Waals surface area contributed by atoms with Crippen molar-refractivity contribution in [2.24, 2.45) is 0 Å². The summed E-state index contributed by atoms with van der Waals surface area (Å²) in [5, 5.41) is 12.1. The summed E-state index contributed by atoms with van der Waals surface area (Å²) in [7, 11) is 0. The van der Waals surface area contributed by atoms with Crippen LogP contribution in [-0.4, -0.2) is 9.97 Å². The van der Waals surface area contributed by atoms with Gasteiger partial charge < -0.3 is 11.1 Å². The van der Waals surface area contributed by atoms with Crippen LogP contribution in [0.2, 0.25) is 5.02 Å². The summed E-state index contributed by atoms with van der Waals surface area (Å²) in [6.07, 6.45) is 1.35. The van der Waals surface area contributed by atoms with Crippen molar-refractivity contribution in [3.8, 4) is 6.07 Å². The van der Waals surface area contributed by atoms with Gasteiger partial charge in [-0.05, 0) is 17.7 Å². The van der Waals surface area contributed by atoms with Crippen LogP contribution in [0.5, 0.6) is 0 Å². The number of halogens is 1. The summed E-state index contributed by atoms with van der Waals surface area (Å²) < 4.78 is 0. The number of hydrogen-bond acceptors (Lipinski definition) is 5. The van der Waals surface area contributed by atoms with Crippen molar-refractivity contribution >= 4 is 23.2 Å². The molecule has 1 heterocycles. The predicted molar refractivity (Wildman–Crippen MR) is 69.9 cm³/mol. The molecule has 0 aliphatic rings. The highest BCUT2D eigenvalue weighted by molar-refractivity contribution is 6.35. The Morgan fingerprint density at radius 3 is 2.67 bits per heavy atom. The molecule has 3 N–H and O–H groups in total. The minimum absolute atomic E-state index is 0.244. The maximum absolute atomic E-state index is 8.69. The van der Waals surface area contributed by atoms with Crippen LogP contribution in [0.15, 0.2) is 30.6 Å². The van der Waals surface area contributed by atoms with E-state index in [4.69, 9.17) is 22.6 Å². The lowest BCUT2D eigenvalue weighted by Gasteiger charge is -2.08. The molecule has 2 rings (SSSR count). The molecule has 90 valence electrons. The monoisotopic (exact) mass is 259 g/mol. The predicted octanol–water partition coefficient (Wildman–Crippen LogP) is 2.20. The number of aromatic nitrogens is 2. The zero-order valence-corrected chi connectivity index (χ0v) is 10.1. The Morgan fingerprint density at radius 2 is 2.00 bits per heavy atom. The summed E-state index contributed by atoms with van der Waals surface area (Å²) in [5.41, 5.74) is 7.21. The molecule has 6 heteroatoms. The Morgan fingerprint density at radius 1 is 1.28 bits per heavy atom. The van der Waals surface area contributed by atoms with E-state index in [2.05, 4.69) is 21.4 Å². The largest absolute Gasteiger partial charge is 0.382 e. The van der Waals surface area contributed by atoms with E-state index in [9.17, 15) is 0 Å². The molecule has 0 bridgehead atoms. The average molecular weight is 260 g/mol. The molecule has 0 radical (unpaired) electrons. The van der Waals surface area contributed by atoms with Gasteiger partial charge in [-0.3, -0.25) is 0 Å². The Kier molecular flexibility index (Phi) is 3.60. The summed E-state index contributed by atoms with van der Waals surface area (Å²) in [6.45, 7) is 0.544. The van der Waals surface area contributed by atoms with Gasteiger partial charge in [0.05, 0.1) is 11.6 Å². The van der Waals surface area contributed by atoms with E-state index in [1.165, 1.54) is 6.33 Å². The van der Waals surface area contributed by atoms with E-state index in [0.29, 0.717) is 22.9 Å². The lowest BCUT2D eigenvalue weighted by Crippen LogP contribution is -2.04. The van der Waals surface area contributed by atoms with Gasteiger partial charge in [0.1, 0.15) is 17.2 Å². The van der Waals surface area contributed by atoms with Gasteiger partial charge in [0.15, 0.2) is 5.82 Å². The second kappa shape index (κ2) is 5.34. The first-order valence-electron chi connectivity index (χ1n) is 5.19. The fourth-order valence-corrected chi connectivity index (χ4v) is 1.55. The fourth-order valence-electron chi connectivity index (χ4n) is 1.39. The van der Waals surface area contributed by atoms with Crippen LogP contribution < -0.4 is 11.1 Å². The van der Waals surface area contributed by atoms with Crippen molar-refractivity contribution in [2.45, 2.75) is 6.54 Å². The van der Waals surface area contributed by atoms with Crippen LogP contribution >= 0.6 is 11.6 Å². The summed E-state index contributed by atoms with van der Waals surface area (Å²) in [4.78, 5) is 7.78. The third-order valence-electron chi connectivity index (χ3n) is 2.36. The average Bonchev–Trinajstić information content (AvgIpc) is 2.41. The highest BCUT2D eigenvalue weighted by atomic mass is 35.5. The quantitative estimate of drug-likeness (QED) is 0.882. The molecule has 0 aliphatic heterocycles. The van der Waals surface area contributed by atoms with Crippen LogP contribution in [-0.2, 0) is 6.54 Å².